The Morgan fingerprint density at radius 1 is 1.30 bits per heavy atom. The van der Waals surface area contributed by atoms with Crippen molar-refractivity contribution in [1.82, 2.24) is 14.5 Å². The van der Waals surface area contributed by atoms with Gasteiger partial charge in [0, 0.05) is 44.4 Å². The number of hydrogen-bond acceptors (Lipinski definition) is 4. The van der Waals surface area contributed by atoms with Crippen molar-refractivity contribution in [2.45, 2.75) is 39.3 Å². The van der Waals surface area contributed by atoms with E-state index < -0.39 is 0 Å². The molecule has 4 rings (SSSR count). The Morgan fingerprint density at radius 2 is 2.13 bits per heavy atom. The zero-order chi connectivity index (χ0) is 21.1. The smallest absolute Gasteiger partial charge is 0.254 e. The number of para-hydroxylation sites is 1. The first-order chi connectivity index (χ1) is 14.6. The van der Waals surface area contributed by atoms with Crippen molar-refractivity contribution >= 4 is 16.9 Å². The molecule has 1 amide bonds. The van der Waals surface area contributed by atoms with Crippen LogP contribution in [0.4, 0.5) is 0 Å². The van der Waals surface area contributed by atoms with Crippen LogP contribution in [0.25, 0.3) is 11.0 Å². The maximum atomic E-state index is 13.7. The van der Waals surface area contributed by atoms with Crippen molar-refractivity contribution in [3.8, 4) is 5.75 Å². The van der Waals surface area contributed by atoms with Gasteiger partial charge >= 0.3 is 0 Å². The van der Waals surface area contributed by atoms with Crippen LogP contribution >= 0.6 is 0 Å². The van der Waals surface area contributed by atoms with Crippen LogP contribution in [0.1, 0.15) is 47.6 Å². The third-order valence-corrected chi connectivity index (χ3v) is 5.81. The molecule has 0 fully saturated rings. The lowest BCUT2D eigenvalue weighted by atomic mass is 9.97. The van der Waals surface area contributed by atoms with Gasteiger partial charge in [-0.15, -0.1) is 0 Å². The maximum absolute atomic E-state index is 13.7. The van der Waals surface area contributed by atoms with Crippen molar-refractivity contribution in [3.05, 3.63) is 59.4 Å². The minimum absolute atomic E-state index is 0.00932. The molecule has 1 atom stereocenters. The van der Waals surface area contributed by atoms with E-state index in [9.17, 15) is 4.79 Å². The summed E-state index contributed by atoms with van der Waals surface area (Å²) in [5.74, 6) is 1.86. The summed E-state index contributed by atoms with van der Waals surface area (Å²) in [6, 6.07) is 13.9. The summed E-state index contributed by atoms with van der Waals surface area (Å²) in [5, 5.41) is 0. The van der Waals surface area contributed by atoms with Gasteiger partial charge in [0.1, 0.15) is 11.6 Å². The van der Waals surface area contributed by atoms with E-state index in [-0.39, 0.29) is 11.9 Å². The number of imidazole rings is 1. The van der Waals surface area contributed by atoms with Crippen LogP contribution in [-0.2, 0) is 11.3 Å². The lowest BCUT2D eigenvalue weighted by Crippen LogP contribution is -2.38. The predicted octanol–water partition coefficient (Wildman–Crippen LogP) is 4.37. The fraction of sp³-hybridized carbons (Fsp3) is 0.417. The average molecular weight is 408 g/mol. The van der Waals surface area contributed by atoms with Crippen molar-refractivity contribution in [3.63, 3.8) is 0 Å². The monoisotopic (exact) mass is 407 g/mol. The first-order valence-electron chi connectivity index (χ1n) is 10.6. The van der Waals surface area contributed by atoms with E-state index in [0.29, 0.717) is 25.3 Å². The summed E-state index contributed by atoms with van der Waals surface area (Å²) in [5.41, 5.74) is 3.67. The number of rotatable bonds is 7. The van der Waals surface area contributed by atoms with Gasteiger partial charge in [-0.25, -0.2) is 4.98 Å². The number of hydrogen-bond donors (Lipinski definition) is 0. The van der Waals surface area contributed by atoms with Gasteiger partial charge in [-0.1, -0.05) is 18.2 Å². The van der Waals surface area contributed by atoms with Gasteiger partial charge in [0.25, 0.3) is 5.91 Å². The zero-order valence-corrected chi connectivity index (χ0v) is 17.9. The predicted molar refractivity (Wildman–Crippen MR) is 117 cm³/mol. The fourth-order valence-electron chi connectivity index (χ4n) is 4.37. The molecule has 0 aliphatic carbocycles. The molecule has 1 aliphatic rings. The number of aryl methyl sites for hydroxylation is 2. The molecule has 0 spiro atoms. The topological polar surface area (TPSA) is 56.6 Å². The van der Waals surface area contributed by atoms with Gasteiger partial charge in [-0.05, 0) is 44.5 Å². The Labute approximate surface area is 177 Å². The number of carbonyl (C=O) groups excluding carboxylic acids is 1. The van der Waals surface area contributed by atoms with Crippen LogP contribution in [0.15, 0.2) is 42.5 Å². The van der Waals surface area contributed by atoms with Crippen LogP contribution < -0.4 is 4.74 Å². The molecule has 0 saturated heterocycles. The number of benzene rings is 2. The Morgan fingerprint density at radius 3 is 2.93 bits per heavy atom. The molecule has 0 N–H and O–H groups in total. The normalized spacial score (nSPS) is 15.6. The standard InChI is InChI=1S/C24H29N3O3/c1-4-26-17(2)25-20-16-18(10-11-22(20)26)24(28)27(13-7-14-29-3)21-12-15-30-23-9-6-5-8-19(21)23/h5-6,8-11,16,21H,4,7,12-15H2,1-3H3. The van der Waals surface area contributed by atoms with Crippen LogP contribution in [0.5, 0.6) is 5.75 Å². The van der Waals surface area contributed by atoms with Crippen molar-refractivity contribution in [2.24, 2.45) is 0 Å². The third-order valence-electron chi connectivity index (χ3n) is 5.81. The molecule has 0 radical (unpaired) electrons. The number of amides is 1. The first-order valence-corrected chi connectivity index (χ1v) is 10.6. The summed E-state index contributed by atoms with van der Waals surface area (Å²) < 4.78 is 13.2. The van der Waals surface area contributed by atoms with Crippen molar-refractivity contribution < 1.29 is 14.3 Å². The number of fused-ring (bicyclic) bond motifs is 2. The molecule has 158 valence electrons. The molecule has 6 nitrogen and oxygen atoms in total. The maximum Gasteiger partial charge on any atom is 0.254 e. The third kappa shape index (κ3) is 3.79. The molecule has 1 aliphatic heterocycles. The Bertz CT molecular complexity index is 1040. The summed E-state index contributed by atoms with van der Waals surface area (Å²) in [4.78, 5) is 20.3. The average Bonchev–Trinajstić information content (AvgIpc) is 3.10. The van der Waals surface area contributed by atoms with Crippen LogP contribution in [0.2, 0.25) is 0 Å². The molecule has 3 aromatic rings. The van der Waals surface area contributed by atoms with Crippen LogP contribution in [0.3, 0.4) is 0 Å². The van der Waals surface area contributed by atoms with E-state index in [1.165, 1.54) is 0 Å². The molecular formula is C24H29N3O3. The number of methoxy groups -OCH3 is 1. The second kappa shape index (κ2) is 8.88. The molecule has 6 heteroatoms. The van der Waals surface area contributed by atoms with E-state index >= 15 is 0 Å². The highest BCUT2D eigenvalue weighted by molar-refractivity contribution is 5.97. The van der Waals surface area contributed by atoms with Crippen LogP contribution in [-0.4, -0.2) is 47.2 Å². The largest absolute Gasteiger partial charge is 0.493 e. The highest BCUT2D eigenvalue weighted by Gasteiger charge is 2.30. The molecule has 1 aromatic heterocycles. The molecule has 2 heterocycles. The van der Waals surface area contributed by atoms with Gasteiger partial charge in [0.2, 0.25) is 0 Å². The Balaban J connectivity index is 1.69. The number of aromatic nitrogens is 2. The van der Waals surface area contributed by atoms with E-state index in [4.69, 9.17) is 9.47 Å². The molecule has 30 heavy (non-hydrogen) atoms. The lowest BCUT2D eigenvalue weighted by molar-refractivity contribution is 0.0596. The molecule has 0 saturated carbocycles. The Hall–Kier alpha value is -2.86. The van der Waals surface area contributed by atoms with Gasteiger partial charge in [0.15, 0.2) is 0 Å². The number of ether oxygens (including phenoxy) is 2. The van der Waals surface area contributed by atoms with Gasteiger partial charge in [0.05, 0.1) is 23.7 Å². The van der Waals surface area contributed by atoms with Crippen molar-refractivity contribution in [2.75, 3.05) is 26.9 Å². The summed E-state index contributed by atoms with van der Waals surface area (Å²) >= 11 is 0. The zero-order valence-electron chi connectivity index (χ0n) is 17.9. The SMILES string of the molecule is CCn1c(C)nc2cc(C(=O)N(CCCOC)C3CCOc4ccccc43)ccc21. The quantitative estimate of drug-likeness (QED) is 0.546. The van der Waals surface area contributed by atoms with E-state index in [2.05, 4.69) is 22.5 Å². The fourth-order valence-corrected chi connectivity index (χ4v) is 4.37. The Kier molecular flexibility index (Phi) is 6.04. The highest BCUT2D eigenvalue weighted by Crippen LogP contribution is 2.36. The minimum Gasteiger partial charge on any atom is -0.493 e. The van der Waals surface area contributed by atoms with Gasteiger partial charge in [-0.2, -0.15) is 0 Å². The van der Waals surface area contributed by atoms with E-state index in [1.54, 1.807) is 7.11 Å². The highest BCUT2D eigenvalue weighted by atomic mass is 16.5. The first kappa shape index (κ1) is 20.4. The van der Waals surface area contributed by atoms with Gasteiger partial charge in [-0.3, -0.25) is 4.79 Å². The number of nitrogens with zero attached hydrogens (tertiary/aromatic N) is 3. The van der Waals surface area contributed by atoms with E-state index in [1.807, 2.05) is 48.2 Å². The van der Waals surface area contributed by atoms with E-state index in [0.717, 1.165) is 47.6 Å². The second-order valence-corrected chi connectivity index (χ2v) is 7.64. The second-order valence-electron chi connectivity index (χ2n) is 7.64. The molecule has 0 bridgehead atoms. The summed E-state index contributed by atoms with van der Waals surface area (Å²) in [7, 11) is 1.69. The summed E-state index contributed by atoms with van der Waals surface area (Å²) in [6.45, 7) is 6.82. The molecule has 1 unspecified atom stereocenters. The minimum atomic E-state index is -0.00932. The van der Waals surface area contributed by atoms with Crippen LogP contribution in [0, 0.1) is 6.92 Å². The molecular weight excluding hydrogens is 378 g/mol. The van der Waals surface area contributed by atoms with Crippen molar-refractivity contribution in [1.29, 1.82) is 0 Å². The van der Waals surface area contributed by atoms with Gasteiger partial charge < -0.3 is 18.9 Å². The lowest BCUT2D eigenvalue weighted by Gasteiger charge is -2.36. The number of carbonyl (C=O) groups is 1. The summed E-state index contributed by atoms with van der Waals surface area (Å²) in [6.07, 6.45) is 1.56. The molecule has 2 aromatic carbocycles.